The quantitative estimate of drug-likeness (QED) is 0.479. The molecule has 26 heavy (non-hydrogen) atoms. The second-order valence-corrected chi connectivity index (χ2v) is 7.63. The molecule has 0 bridgehead atoms. The number of amides is 1. The molecule has 2 aromatic heterocycles. The summed E-state index contributed by atoms with van der Waals surface area (Å²) < 4.78 is 6.70. The molecule has 0 saturated heterocycles. The van der Waals surface area contributed by atoms with Gasteiger partial charge in [-0.3, -0.25) is 14.2 Å². The van der Waals surface area contributed by atoms with Gasteiger partial charge < -0.3 is 9.64 Å². The van der Waals surface area contributed by atoms with E-state index in [0.717, 1.165) is 11.3 Å². The lowest BCUT2D eigenvalue weighted by atomic mass is 10.2. The van der Waals surface area contributed by atoms with E-state index in [1.807, 2.05) is 29.6 Å². The predicted molar refractivity (Wildman–Crippen MR) is 105 cm³/mol. The van der Waals surface area contributed by atoms with Gasteiger partial charge in [-0.1, -0.05) is 23.9 Å². The third kappa shape index (κ3) is 3.91. The van der Waals surface area contributed by atoms with Crippen molar-refractivity contribution in [3.8, 4) is 5.75 Å². The molecule has 0 atom stereocenters. The number of hydrogen-bond acceptors (Lipinski definition) is 6. The standard InChI is InChI=1S/C18H19N3O3S2/c1-20(10-12-5-4-6-13(9-12)24-3)15(22)11-26-18-19-16-14(7-8-25-16)17(23)21(18)2/h4-9H,10-11H2,1-3H3. The van der Waals surface area contributed by atoms with Crippen LogP contribution < -0.4 is 10.3 Å². The Bertz CT molecular complexity index is 997. The number of benzene rings is 1. The smallest absolute Gasteiger partial charge is 0.262 e. The lowest BCUT2D eigenvalue weighted by Crippen LogP contribution is -2.28. The van der Waals surface area contributed by atoms with Gasteiger partial charge in [0.15, 0.2) is 5.16 Å². The molecule has 0 N–H and O–H groups in total. The summed E-state index contributed by atoms with van der Waals surface area (Å²) in [4.78, 5) is 31.6. The lowest BCUT2D eigenvalue weighted by molar-refractivity contribution is -0.127. The Morgan fingerprint density at radius 1 is 1.38 bits per heavy atom. The van der Waals surface area contributed by atoms with Crippen LogP contribution in [0.4, 0.5) is 0 Å². The van der Waals surface area contributed by atoms with Crippen molar-refractivity contribution in [2.75, 3.05) is 19.9 Å². The van der Waals surface area contributed by atoms with Crippen LogP contribution in [-0.2, 0) is 18.4 Å². The van der Waals surface area contributed by atoms with Crippen LogP contribution >= 0.6 is 23.1 Å². The maximum absolute atomic E-state index is 12.4. The molecule has 1 aromatic carbocycles. The summed E-state index contributed by atoms with van der Waals surface area (Å²) in [5, 5.41) is 3.01. The minimum absolute atomic E-state index is 0.0293. The van der Waals surface area contributed by atoms with E-state index in [9.17, 15) is 9.59 Å². The van der Waals surface area contributed by atoms with E-state index in [1.54, 1.807) is 32.2 Å². The fourth-order valence-electron chi connectivity index (χ4n) is 2.48. The van der Waals surface area contributed by atoms with Gasteiger partial charge in [-0.15, -0.1) is 11.3 Å². The first-order valence-electron chi connectivity index (χ1n) is 7.93. The van der Waals surface area contributed by atoms with Gasteiger partial charge in [0, 0.05) is 20.6 Å². The Kier molecular flexibility index (Phi) is 5.63. The largest absolute Gasteiger partial charge is 0.497 e. The van der Waals surface area contributed by atoms with Crippen LogP contribution in [0.25, 0.3) is 10.2 Å². The van der Waals surface area contributed by atoms with Crippen LogP contribution in [0.3, 0.4) is 0 Å². The van der Waals surface area contributed by atoms with E-state index < -0.39 is 0 Å². The second kappa shape index (κ2) is 7.92. The molecule has 0 saturated carbocycles. The maximum Gasteiger partial charge on any atom is 0.262 e. The van der Waals surface area contributed by atoms with Crippen LogP contribution in [0.1, 0.15) is 5.56 Å². The van der Waals surface area contributed by atoms with Crippen LogP contribution in [-0.4, -0.2) is 40.3 Å². The lowest BCUT2D eigenvalue weighted by Gasteiger charge is -2.17. The van der Waals surface area contributed by atoms with E-state index in [4.69, 9.17) is 4.74 Å². The first-order valence-corrected chi connectivity index (χ1v) is 9.80. The average molecular weight is 390 g/mol. The molecule has 0 spiro atoms. The number of fused-ring (bicyclic) bond motifs is 1. The number of methoxy groups -OCH3 is 1. The third-order valence-electron chi connectivity index (χ3n) is 3.97. The van der Waals surface area contributed by atoms with Crippen molar-refractivity contribution in [3.63, 3.8) is 0 Å². The van der Waals surface area contributed by atoms with Gasteiger partial charge in [-0.05, 0) is 29.1 Å². The fraction of sp³-hybridized carbons (Fsp3) is 0.278. The van der Waals surface area contributed by atoms with E-state index in [0.29, 0.717) is 21.9 Å². The van der Waals surface area contributed by atoms with Crippen molar-refractivity contribution in [3.05, 3.63) is 51.6 Å². The first kappa shape index (κ1) is 18.5. The molecular weight excluding hydrogens is 370 g/mol. The molecule has 0 radical (unpaired) electrons. The Labute approximate surface area is 159 Å². The summed E-state index contributed by atoms with van der Waals surface area (Å²) in [5.74, 6) is 0.956. The molecule has 1 amide bonds. The van der Waals surface area contributed by atoms with Crippen molar-refractivity contribution in [1.29, 1.82) is 0 Å². The van der Waals surface area contributed by atoms with Gasteiger partial charge in [-0.2, -0.15) is 0 Å². The summed E-state index contributed by atoms with van der Waals surface area (Å²) in [7, 11) is 5.06. The number of hydrogen-bond donors (Lipinski definition) is 0. The van der Waals surface area contributed by atoms with Crippen LogP contribution in [0.15, 0.2) is 45.7 Å². The molecule has 6 nitrogen and oxygen atoms in total. The number of thioether (sulfide) groups is 1. The van der Waals surface area contributed by atoms with Gasteiger partial charge in [-0.25, -0.2) is 4.98 Å². The van der Waals surface area contributed by atoms with E-state index in [-0.39, 0.29) is 17.2 Å². The van der Waals surface area contributed by atoms with Crippen molar-refractivity contribution < 1.29 is 9.53 Å². The third-order valence-corrected chi connectivity index (χ3v) is 5.79. The number of ether oxygens (including phenoxy) is 1. The molecule has 8 heteroatoms. The normalized spacial score (nSPS) is 10.9. The monoisotopic (exact) mass is 389 g/mol. The fourth-order valence-corrected chi connectivity index (χ4v) is 4.20. The Hall–Kier alpha value is -2.32. The number of rotatable bonds is 6. The minimum atomic E-state index is -0.0871. The van der Waals surface area contributed by atoms with Gasteiger partial charge in [0.05, 0.1) is 18.2 Å². The number of aromatic nitrogens is 2. The van der Waals surface area contributed by atoms with Crippen molar-refractivity contribution in [2.24, 2.45) is 7.05 Å². The minimum Gasteiger partial charge on any atom is -0.497 e. The molecule has 0 aliphatic heterocycles. The Morgan fingerprint density at radius 3 is 2.96 bits per heavy atom. The van der Waals surface area contributed by atoms with Gasteiger partial charge in [0.25, 0.3) is 5.56 Å². The predicted octanol–water partition coefficient (Wildman–Crippen LogP) is 2.75. The highest BCUT2D eigenvalue weighted by atomic mass is 32.2. The summed E-state index contributed by atoms with van der Waals surface area (Å²) in [5.41, 5.74) is 0.909. The van der Waals surface area contributed by atoms with Crippen LogP contribution in [0, 0.1) is 0 Å². The molecule has 3 aromatic rings. The van der Waals surface area contributed by atoms with Gasteiger partial charge in [0.2, 0.25) is 5.91 Å². The van der Waals surface area contributed by atoms with Crippen molar-refractivity contribution in [2.45, 2.75) is 11.7 Å². The topological polar surface area (TPSA) is 64.4 Å². The molecule has 2 heterocycles. The zero-order valence-corrected chi connectivity index (χ0v) is 16.4. The number of carbonyl (C=O) groups is 1. The summed E-state index contributed by atoms with van der Waals surface area (Å²) in [6.07, 6.45) is 0. The molecule has 0 aliphatic carbocycles. The maximum atomic E-state index is 12.4. The van der Waals surface area contributed by atoms with E-state index in [1.165, 1.54) is 27.7 Å². The Morgan fingerprint density at radius 2 is 2.19 bits per heavy atom. The highest BCUT2D eigenvalue weighted by Gasteiger charge is 2.14. The zero-order chi connectivity index (χ0) is 18.7. The second-order valence-electron chi connectivity index (χ2n) is 5.79. The van der Waals surface area contributed by atoms with Crippen LogP contribution in [0.2, 0.25) is 0 Å². The number of thiophene rings is 1. The summed E-state index contributed by atoms with van der Waals surface area (Å²) in [6.45, 7) is 0.493. The summed E-state index contributed by atoms with van der Waals surface area (Å²) in [6, 6.07) is 9.41. The van der Waals surface area contributed by atoms with Gasteiger partial charge in [0.1, 0.15) is 10.6 Å². The van der Waals surface area contributed by atoms with Crippen molar-refractivity contribution in [1.82, 2.24) is 14.5 Å². The average Bonchev–Trinajstić information content (AvgIpc) is 3.12. The van der Waals surface area contributed by atoms with Crippen molar-refractivity contribution >= 4 is 39.2 Å². The van der Waals surface area contributed by atoms with E-state index >= 15 is 0 Å². The number of carbonyl (C=O) groups excluding carboxylic acids is 1. The SMILES string of the molecule is COc1cccc(CN(C)C(=O)CSc2nc3sccc3c(=O)n2C)c1. The molecule has 3 rings (SSSR count). The first-order chi connectivity index (χ1) is 12.5. The molecule has 136 valence electrons. The molecule has 0 unspecified atom stereocenters. The van der Waals surface area contributed by atoms with E-state index in [2.05, 4.69) is 4.98 Å². The Balaban J connectivity index is 1.66. The zero-order valence-electron chi connectivity index (χ0n) is 14.8. The highest BCUT2D eigenvalue weighted by molar-refractivity contribution is 7.99. The molecule has 0 fully saturated rings. The van der Waals surface area contributed by atoms with Gasteiger partial charge >= 0.3 is 0 Å². The summed E-state index contributed by atoms with van der Waals surface area (Å²) >= 11 is 2.70. The molecular formula is C18H19N3O3S2. The number of nitrogens with zero attached hydrogens (tertiary/aromatic N) is 3. The molecule has 0 aliphatic rings. The highest BCUT2D eigenvalue weighted by Crippen LogP contribution is 2.21. The van der Waals surface area contributed by atoms with Crippen LogP contribution in [0.5, 0.6) is 5.75 Å².